The minimum Gasteiger partial charge on any atom is -0.378 e. The average Bonchev–Trinajstić information content (AvgIpc) is 2.79. The Kier molecular flexibility index (Phi) is 4.12. The van der Waals surface area contributed by atoms with E-state index >= 15 is 0 Å². The van der Waals surface area contributed by atoms with Gasteiger partial charge in [0.05, 0.1) is 13.2 Å². The van der Waals surface area contributed by atoms with Crippen molar-refractivity contribution in [1.82, 2.24) is 15.5 Å². The van der Waals surface area contributed by atoms with Gasteiger partial charge in [0, 0.05) is 19.5 Å². The van der Waals surface area contributed by atoms with E-state index in [1.807, 2.05) is 7.05 Å². The molecule has 0 spiro atoms. The summed E-state index contributed by atoms with van der Waals surface area (Å²) in [4.78, 5) is 6.46. The van der Waals surface area contributed by atoms with Crippen LogP contribution in [0.15, 0.2) is 4.52 Å². The first-order valence-electron chi connectivity index (χ1n) is 5.70. The van der Waals surface area contributed by atoms with Crippen LogP contribution in [0, 0.1) is 0 Å². The predicted octanol–water partition coefficient (Wildman–Crippen LogP) is 0.0582. The Morgan fingerprint density at radius 3 is 2.94 bits per heavy atom. The van der Waals surface area contributed by atoms with Crippen LogP contribution in [0.5, 0.6) is 0 Å². The maximum atomic E-state index is 5.27. The molecular weight excluding hydrogens is 208 g/mol. The van der Waals surface area contributed by atoms with Crippen LogP contribution in [-0.2, 0) is 11.2 Å². The number of aromatic nitrogens is 2. The number of ether oxygens (including phenoxy) is 1. The molecule has 1 aliphatic rings. The first-order valence-corrected chi connectivity index (χ1v) is 5.70. The van der Waals surface area contributed by atoms with Crippen LogP contribution in [-0.4, -0.2) is 50.0 Å². The Hall–Kier alpha value is -1.14. The zero-order valence-electron chi connectivity index (χ0n) is 9.61. The molecule has 16 heavy (non-hydrogen) atoms. The van der Waals surface area contributed by atoms with E-state index in [2.05, 4.69) is 20.4 Å². The van der Waals surface area contributed by atoms with E-state index in [1.54, 1.807) is 0 Å². The zero-order valence-corrected chi connectivity index (χ0v) is 9.61. The summed E-state index contributed by atoms with van der Waals surface area (Å²) in [6.07, 6.45) is 1.85. The van der Waals surface area contributed by atoms with Gasteiger partial charge in [-0.2, -0.15) is 4.98 Å². The normalized spacial score (nSPS) is 16.7. The molecular formula is C10H18N4O2. The Balaban J connectivity index is 1.85. The molecule has 6 heteroatoms. The van der Waals surface area contributed by atoms with Gasteiger partial charge in [0.1, 0.15) is 0 Å². The van der Waals surface area contributed by atoms with Crippen LogP contribution in [0.4, 0.5) is 5.95 Å². The fourth-order valence-corrected chi connectivity index (χ4v) is 1.66. The number of aryl methyl sites for hydroxylation is 1. The van der Waals surface area contributed by atoms with Crippen LogP contribution >= 0.6 is 0 Å². The maximum Gasteiger partial charge on any atom is 0.266 e. The Bertz CT molecular complexity index is 310. The molecule has 90 valence electrons. The summed E-state index contributed by atoms with van der Waals surface area (Å²) in [6, 6.07) is 0. The van der Waals surface area contributed by atoms with Gasteiger partial charge < -0.3 is 19.5 Å². The molecule has 0 bridgehead atoms. The summed E-state index contributed by atoms with van der Waals surface area (Å²) in [5, 5.41) is 7.07. The molecule has 0 radical (unpaired) electrons. The number of nitrogens with one attached hydrogen (secondary N) is 1. The Morgan fingerprint density at radius 2 is 2.19 bits per heavy atom. The first kappa shape index (κ1) is 11.3. The lowest BCUT2D eigenvalue weighted by Gasteiger charge is -2.24. The van der Waals surface area contributed by atoms with Crippen molar-refractivity contribution in [3.63, 3.8) is 0 Å². The van der Waals surface area contributed by atoms with Crippen molar-refractivity contribution in [3.05, 3.63) is 5.89 Å². The molecule has 0 aliphatic carbocycles. The Morgan fingerprint density at radius 1 is 1.38 bits per heavy atom. The fraction of sp³-hybridized carbons (Fsp3) is 0.800. The van der Waals surface area contributed by atoms with Gasteiger partial charge in [0.15, 0.2) is 0 Å². The fourth-order valence-electron chi connectivity index (χ4n) is 1.66. The van der Waals surface area contributed by atoms with Crippen molar-refractivity contribution in [2.24, 2.45) is 0 Å². The molecule has 0 atom stereocenters. The highest BCUT2D eigenvalue weighted by Gasteiger charge is 2.16. The van der Waals surface area contributed by atoms with Crippen LogP contribution in [0.1, 0.15) is 12.3 Å². The summed E-state index contributed by atoms with van der Waals surface area (Å²) in [5.74, 6) is 1.42. The standard InChI is InChI=1S/C10H18N4O2/c1-11-4-2-3-9-12-10(13-16-9)14-5-7-15-8-6-14/h11H,2-8H2,1H3. The molecule has 0 aromatic carbocycles. The van der Waals surface area contributed by atoms with Gasteiger partial charge in [-0.05, 0) is 25.2 Å². The van der Waals surface area contributed by atoms with E-state index in [1.165, 1.54) is 0 Å². The van der Waals surface area contributed by atoms with E-state index in [4.69, 9.17) is 9.26 Å². The van der Waals surface area contributed by atoms with Gasteiger partial charge in [0.25, 0.3) is 5.95 Å². The van der Waals surface area contributed by atoms with Gasteiger partial charge in [-0.1, -0.05) is 0 Å². The molecule has 1 aromatic rings. The van der Waals surface area contributed by atoms with Crippen LogP contribution in [0.3, 0.4) is 0 Å². The number of morpholine rings is 1. The summed E-state index contributed by atoms with van der Waals surface area (Å²) in [7, 11) is 1.94. The van der Waals surface area contributed by atoms with Gasteiger partial charge >= 0.3 is 0 Å². The second-order valence-corrected chi connectivity index (χ2v) is 3.79. The topological polar surface area (TPSA) is 63.4 Å². The quantitative estimate of drug-likeness (QED) is 0.716. The smallest absolute Gasteiger partial charge is 0.266 e. The van der Waals surface area contributed by atoms with Crippen molar-refractivity contribution in [3.8, 4) is 0 Å². The van der Waals surface area contributed by atoms with Crippen LogP contribution < -0.4 is 10.2 Å². The highest BCUT2D eigenvalue weighted by molar-refractivity contribution is 5.27. The Labute approximate surface area is 95.0 Å². The molecule has 0 saturated carbocycles. The molecule has 2 heterocycles. The van der Waals surface area contributed by atoms with Crippen molar-refractivity contribution < 1.29 is 9.26 Å². The van der Waals surface area contributed by atoms with Crippen molar-refractivity contribution in [2.45, 2.75) is 12.8 Å². The summed E-state index contributed by atoms with van der Waals surface area (Å²) in [5.41, 5.74) is 0. The first-order chi connectivity index (χ1) is 7.90. The van der Waals surface area contributed by atoms with Crippen molar-refractivity contribution in [1.29, 1.82) is 0 Å². The zero-order chi connectivity index (χ0) is 11.2. The highest BCUT2D eigenvalue weighted by Crippen LogP contribution is 2.11. The molecule has 1 aliphatic heterocycles. The number of hydrogen-bond acceptors (Lipinski definition) is 6. The van der Waals surface area contributed by atoms with Gasteiger partial charge in [0.2, 0.25) is 5.89 Å². The predicted molar refractivity (Wildman–Crippen MR) is 59.6 cm³/mol. The van der Waals surface area contributed by atoms with Crippen molar-refractivity contribution in [2.75, 3.05) is 44.8 Å². The molecule has 1 fully saturated rings. The molecule has 1 N–H and O–H groups in total. The minimum absolute atomic E-state index is 0.697. The largest absolute Gasteiger partial charge is 0.378 e. The van der Waals surface area contributed by atoms with Gasteiger partial charge in [-0.3, -0.25) is 0 Å². The lowest BCUT2D eigenvalue weighted by molar-refractivity contribution is 0.121. The van der Waals surface area contributed by atoms with E-state index in [-0.39, 0.29) is 0 Å². The van der Waals surface area contributed by atoms with Crippen LogP contribution in [0.25, 0.3) is 0 Å². The second kappa shape index (κ2) is 5.81. The van der Waals surface area contributed by atoms with Crippen molar-refractivity contribution >= 4 is 5.95 Å². The molecule has 0 amide bonds. The van der Waals surface area contributed by atoms with Gasteiger partial charge in [-0.25, -0.2) is 0 Å². The molecule has 6 nitrogen and oxygen atoms in total. The maximum absolute atomic E-state index is 5.27. The van der Waals surface area contributed by atoms with E-state index < -0.39 is 0 Å². The van der Waals surface area contributed by atoms with E-state index in [9.17, 15) is 0 Å². The summed E-state index contributed by atoms with van der Waals surface area (Å²) in [6.45, 7) is 4.13. The number of rotatable bonds is 5. The highest BCUT2D eigenvalue weighted by atomic mass is 16.5. The third kappa shape index (κ3) is 2.93. The van der Waals surface area contributed by atoms with E-state index in [0.29, 0.717) is 5.95 Å². The third-order valence-electron chi connectivity index (χ3n) is 2.57. The SMILES string of the molecule is CNCCCc1nc(N2CCOCC2)no1. The average molecular weight is 226 g/mol. The minimum atomic E-state index is 0.697. The monoisotopic (exact) mass is 226 g/mol. The third-order valence-corrected chi connectivity index (χ3v) is 2.57. The lowest BCUT2D eigenvalue weighted by atomic mass is 10.3. The molecule has 1 saturated heterocycles. The summed E-state index contributed by atoms with van der Waals surface area (Å²) < 4.78 is 10.5. The van der Waals surface area contributed by atoms with Gasteiger partial charge in [-0.15, -0.1) is 0 Å². The number of anilines is 1. The molecule has 1 aromatic heterocycles. The number of hydrogen-bond donors (Lipinski definition) is 1. The second-order valence-electron chi connectivity index (χ2n) is 3.79. The summed E-state index contributed by atoms with van der Waals surface area (Å²) >= 11 is 0. The van der Waals surface area contributed by atoms with E-state index in [0.717, 1.165) is 51.6 Å². The molecule has 2 rings (SSSR count). The molecule has 0 unspecified atom stereocenters. The van der Waals surface area contributed by atoms with Crippen LogP contribution in [0.2, 0.25) is 0 Å². The lowest BCUT2D eigenvalue weighted by Crippen LogP contribution is -2.36. The number of nitrogens with zero attached hydrogens (tertiary/aromatic N) is 3.